The second-order valence-corrected chi connectivity index (χ2v) is 3.71. The summed E-state index contributed by atoms with van der Waals surface area (Å²) in [6.07, 6.45) is -1.57. The number of alkyl halides is 2. The van der Waals surface area contributed by atoms with E-state index in [9.17, 15) is 18.4 Å². The van der Waals surface area contributed by atoms with Gasteiger partial charge in [-0.3, -0.25) is 4.79 Å². The van der Waals surface area contributed by atoms with Crippen LogP contribution in [0.5, 0.6) is 5.75 Å². The van der Waals surface area contributed by atoms with E-state index in [-0.39, 0.29) is 17.8 Å². The maximum absolute atomic E-state index is 12.9. The van der Waals surface area contributed by atoms with Gasteiger partial charge in [0, 0.05) is 6.92 Å². The van der Waals surface area contributed by atoms with Crippen molar-refractivity contribution in [3.05, 3.63) is 29.8 Å². The zero-order valence-electron chi connectivity index (χ0n) is 9.85. The zero-order valence-corrected chi connectivity index (χ0v) is 9.85. The largest absolute Gasteiger partial charge is 0.453 e. The van der Waals surface area contributed by atoms with Gasteiger partial charge in [-0.15, -0.1) is 0 Å². The smallest absolute Gasteiger partial charge is 0.342 e. The molecule has 0 aliphatic rings. The number of benzene rings is 1. The van der Waals surface area contributed by atoms with Crippen molar-refractivity contribution in [2.24, 2.45) is 0 Å². The Kier molecular flexibility index (Phi) is 4.36. The number of esters is 1. The van der Waals surface area contributed by atoms with Gasteiger partial charge in [-0.2, -0.15) is 0 Å². The van der Waals surface area contributed by atoms with Gasteiger partial charge in [-0.1, -0.05) is 12.1 Å². The van der Waals surface area contributed by atoms with E-state index in [1.54, 1.807) is 0 Å². The molecule has 0 aliphatic carbocycles. The third kappa shape index (κ3) is 3.51. The summed E-state index contributed by atoms with van der Waals surface area (Å²) >= 11 is 0. The van der Waals surface area contributed by atoms with Gasteiger partial charge in [0.25, 0.3) is 12.4 Å². The van der Waals surface area contributed by atoms with Crippen LogP contribution >= 0.6 is 0 Å². The first kappa shape index (κ1) is 14.1. The number of para-hydroxylation sites is 1. The van der Waals surface area contributed by atoms with Gasteiger partial charge < -0.3 is 9.47 Å². The first-order chi connectivity index (χ1) is 8.36. The lowest BCUT2D eigenvalue weighted by Crippen LogP contribution is -2.32. The fourth-order valence-electron chi connectivity index (χ4n) is 1.12. The standard InChI is InChI=1S/C12H12F2O4/c1-8(12(2,13)14)18-11(16)9-5-3-4-6-10(9)17-7-15/h3-8H,1-2H3. The summed E-state index contributed by atoms with van der Waals surface area (Å²) in [5, 5.41) is 0. The van der Waals surface area contributed by atoms with Crippen LogP contribution in [0.15, 0.2) is 24.3 Å². The molecule has 0 saturated carbocycles. The summed E-state index contributed by atoms with van der Waals surface area (Å²) in [5.74, 6) is -4.15. The van der Waals surface area contributed by atoms with Crippen LogP contribution in [-0.2, 0) is 9.53 Å². The molecule has 0 aliphatic heterocycles. The molecule has 0 aromatic heterocycles. The maximum atomic E-state index is 12.9. The van der Waals surface area contributed by atoms with Crippen LogP contribution in [0.3, 0.4) is 0 Å². The molecule has 0 N–H and O–H groups in total. The van der Waals surface area contributed by atoms with Gasteiger partial charge in [0.2, 0.25) is 0 Å². The molecule has 0 radical (unpaired) electrons. The van der Waals surface area contributed by atoms with Gasteiger partial charge in [-0.25, -0.2) is 13.6 Å². The molecule has 1 rings (SSSR count). The minimum Gasteiger partial charge on any atom is -0.453 e. The Balaban J connectivity index is 2.87. The summed E-state index contributed by atoms with van der Waals surface area (Å²) in [7, 11) is 0. The van der Waals surface area contributed by atoms with Gasteiger partial charge in [0.15, 0.2) is 6.10 Å². The molecular formula is C12H12F2O4. The topological polar surface area (TPSA) is 52.6 Å². The maximum Gasteiger partial charge on any atom is 0.342 e. The highest BCUT2D eigenvalue weighted by molar-refractivity contribution is 5.93. The monoisotopic (exact) mass is 258 g/mol. The molecule has 98 valence electrons. The van der Waals surface area contributed by atoms with E-state index in [0.717, 1.165) is 6.92 Å². The summed E-state index contributed by atoms with van der Waals surface area (Å²) in [4.78, 5) is 21.9. The van der Waals surface area contributed by atoms with E-state index in [0.29, 0.717) is 6.92 Å². The minimum atomic E-state index is -3.14. The summed E-state index contributed by atoms with van der Waals surface area (Å²) in [5.41, 5.74) is -0.0827. The van der Waals surface area contributed by atoms with Crippen LogP contribution < -0.4 is 4.74 Å². The molecular weight excluding hydrogens is 246 g/mol. The van der Waals surface area contributed by atoms with E-state index in [1.165, 1.54) is 24.3 Å². The Bertz CT molecular complexity index is 440. The van der Waals surface area contributed by atoms with Crippen molar-refractivity contribution in [2.75, 3.05) is 0 Å². The van der Waals surface area contributed by atoms with Crippen LogP contribution in [0.2, 0.25) is 0 Å². The number of carbonyl (C=O) groups excluding carboxylic acids is 2. The van der Waals surface area contributed by atoms with Gasteiger partial charge in [0.1, 0.15) is 11.3 Å². The first-order valence-electron chi connectivity index (χ1n) is 5.14. The predicted octanol–water partition coefficient (Wildman–Crippen LogP) is 2.42. The average Bonchev–Trinajstić information content (AvgIpc) is 2.28. The average molecular weight is 258 g/mol. The van der Waals surface area contributed by atoms with E-state index < -0.39 is 18.0 Å². The molecule has 4 nitrogen and oxygen atoms in total. The zero-order chi connectivity index (χ0) is 13.8. The number of carbonyl (C=O) groups is 2. The molecule has 0 spiro atoms. The van der Waals surface area contributed by atoms with Crippen LogP contribution in [0.25, 0.3) is 0 Å². The van der Waals surface area contributed by atoms with Gasteiger partial charge >= 0.3 is 5.97 Å². The van der Waals surface area contributed by atoms with E-state index in [1.807, 2.05) is 0 Å². The normalized spacial score (nSPS) is 12.7. The fourth-order valence-corrected chi connectivity index (χ4v) is 1.12. The predicted molar refractivity (Wildman–Crippen MR) is 58.6 cm³/mol. The molecule has 0 heterocycles. The Morgan fingerprint density at radius 2 is 2.00 bits per heavy atom. The Labute approximate surface area is 103 Å². The summed E-state index contributed by atoms with van der Waals surface area (Å²) in [6.45, 7) is 1.88. The molecule has 1 aromatic rings. The molecule has 1 aromatic carbocycles. The number of halogens is 2. The molecule has 0 amide bonds. The van der Waals surface area contributed by atoms with Crippen molar-refractivity contribution in [2.45, 2.75) is 25.9 Å². The van der Waals surface area contributed by atoms with Crippen LogP contribution in [0.1, 0.15) is 24.2 Å². The summed E-state index contributed by atoms with van der Waals surface area (Å²) < 4.78 is 34.9. The highest BCUT2D eigenvalue weighted by Gasteiger charge is 2.34. The lowest BCUT2D eigenvalue weighted by molar-refractivity contribution is -0.120. The quantitative estimate of drug-likeness (QED) is 0.601. The van der Waals surface area contributed by atoms with Crippen molar-refractivity contribution in [1.29, 1.82) is 0 Å². The SMILES string of the molecule is CC(OC(=O)c1ccccc1OC=O)C(C)(F)F. The molecule has 18 heavy (non-hydrogen) atoms. The Morgan fingerprint density at radius 3 is 2.56 bits per heavy atom. The Morgan fingerprint density at radius 1 is 1.39 bits per heavy atom. The number of hydrogen-bond donors (Lipinski definition) is 0. The van der Waals surface area contributed by atoms with Crippen molar-refractivity contribution in [1.82, 2.24) is 0 Å². The molecule has 6 heteroatoms. The third-order valence-electron chi connectivity index (χ3n) is 2.28. The minimum absolute atomic E-state index is 0.0379. The first-order valence-corrected chi connectivity index (χ1v) is 5.14. The second-order valence-electron chi connectivity index (χ2n) is 3.71. The third-order valence-corrected chi connectivity index (χ3v) is 2.28. The van der Waals surface area contributed by atoms with Crippen LogP contribution in [0.4, 0.5) is 8.78 Å². The molecule has 0 bridgehead atoms. The number of hydrogen-bond acceptors (Lipinski definition) is 4. The molecule has 1 unspecified atom stereocenters. The van der Waals surface area contributed by atoms with Crippen molar-refractivity contribution in [3.8, 4) is 5.75 Å². The highest BCUT2D eigenvalue weighted by Crippen LogP contribution is 2.23. The number of rotatable bonds is 5. The lowest BCUT2D eigenvalue weighted by atomic mass is 10.2. The van der Waals surface area contributed by atoms with Crippen LogP contribution in [0, 0.1) is 0 Å². The van der Waals surface area contributed by atoms with Crippen molar-refractivity contribution < 1.29 is 27.8 Å². The van der Waals surface area contributed by atoms with E-state index in [2.05, 4.69) is 9.47 Å². The Hall–Kier alpha value is -1.98. The fraction of sp³-hybridized carbons (Fsp3) is 0.333. The van der Waals surface area contributed by atoms with Gasteiger partial charge in [-0.05, 0) is 19.1 Å². The van der Waals surface area contributed by atoms with Crippen molar-refractivity contribution in [3.63, 3.8) is 0 Å². The highest BCUT2D eigenvalue weighted by atomic mass is 19.3. The molecule has 0 saturated heterocycles. The molecule has 1 atom stereocenters. The lowest BCUT2D eigenvalue weighted by Gasteiger charge is -2.19. The van der Waals surface area contributed by atoms with Gasteiger partial charge in [0.05, 0.1) is 0 Å². The van der Waals surface area contributed by atoms with E-state index in [4.69, 9.17) is 0 Å². The van der Waals surface area contributed by atoms with Crippen molar-refractivity contribution >= 4 is 12.4 Å². The summed E-state index contributed by atoms with van der Waals surface area (Å²) in [6, 6.07) is 5.72. The number of ether oxygens (including phenoxy) is 2. The van der Waals surface area contributed by atoms with Crippen LogP contribution in [-0.4, -0.2) is 24.5 Å². The molecule has 0 fully saturated rings. The van der Waals surface area contributed by atoms with E-state index >= 15 is 0 Å². The second kappa shape index (κ2) is 5.57.